The van der Waals surface area contributed by atoms with Crippen LogP contribution < -0.4 is 10.6 Å². The molecule has 20 heavy (non-hydrogen) atoms. The van der Waals surface area contributed by atoms with Gasteiger partial charge in [-0.2, -0.15) is 0 Å². The van der Waals surface area contributed by atoms with E-state index in [2.05, 4.69) is 15.4 Å². The van der Waals surface area contributed by atoms with Crippen molar-refractivity contribution in [2.75, 3.05) is 26.7 Å². The van der Waals surface area contributed by atoms with Crippen LogP contribution in [0.2, 0.25) is 0 Å². The van der Waals surface area contributed by atoms with Crippen molar-refractivity contribution in [3.63, 3.8) is 0 Å². The third-order valence-electron chi connectivity index (χ3n) is 2.52. The summed E-state index contributed by atoms with van der Waals surface area (Å²) in [6, 6.07) is -1.23. The second kappa shape index (κ2) is 6.44. The van der Waals surface area contributed by atoms with Gasteiger partial charge in [0.15, 0.2) is 0 Å². The molecule has 0 spiro atoms. The average Bonchev–Trinajstić information content (AvgIpc) is 2.70. The molecule has 3 amide bonds. The Bertz CT molecular complexity index is 391. The first kappa shape index (κ1) is 16.1. The number of nitrogens with zero attached hydrogens (tertiary/aromatic N) is 1. The highest BCUT2D eigenvalue weighted by Crippen LogP contribution is 2.07. The van der Waals surface area contributed by atoms with Crippen molar-refractivity contribution in [3.8, 4) is 0 Å². The highest BCUT2D eigenvalue weighted by molar-refractivity contribution is 5.83. The van der Waals surface area contributed by atoms with E-state index in [-0.39, 0.29) is 12.6 Å². The molecule has 0 saturated carbocycles. The van der Waals surface area contributed by atoms with Crippen molar-refractivity contribution in [3.05, 3.63) is 0 Å². The number of carbonyl (C=O) groups is 3. The lowest BCUT2D eigenvalue weighted by Gasteiger charge is -2.24. The fourth-order valence-electron chi connectivity index (χ4n) is 1.68. The van der Waals surface area contributed by atoms with Crippen molar-refractivity contribution in [2.45, 2.75) is 32.4 Å². The fraction of sp³-hybridized carbons (Fsp3) is 0.750. The molecular weight excluding hydrogens is 266 g/mol. The summed E-state index contributed by atoms with van der Waals surface area (Å²) in [5.74, 6) is -0.629. The van der Waals surface area contributed by atoms with Crippen molar-refractivity contribution in [1.29, 1.82) is 0 Å². The number of hydrogen-bond donors (Lipinski definition) is 2. The van der Waals surface area contributed by atoms with E-state index in [1.165, 1.54) is 12.0 Å². The lowest BCUT2D eigenvalue weighted by Crippen LogP contribution is -2.50. The number of carbonyl (C=O) groups excluding carboxylic acids is 3. The Balaban J connectivity index is 2.62. The van der Waals surface area contributed by atoms with Crippen LogP contribution in [-0.2, 0) is 14.3 Å². The van der Waals surface area contributed by atoms with Crippen LogP contribution in [0.4, 0.5) is 9.59 Å². The molecule has 0 bridgehead atoms. The molecule has 1 aliphatic heterocycles. The maximum Gasteiger partial charge on any atom is 0.408 e. The third kappa shape index (κ3) is 4.94. The fourth-order valence-corrected chi connectivity index (χ4v) is 1.68. The van der Waals surface area contributed by atoms with Crippen molar-refractivity contribution >= 4 is 18.1 Å². The number of methoxy groups -OCH3 is 1. The summed E-state index contributed by atoms with van der Waals surface area (Å²) in [5, 5.41) is 5.03. The molecule has 8 nitrogen and oxygen atoms in total. The lowest BCUT2D eigenvalue weighted by molar-refractivity contribution is -0.143. The molecule has 1 fully saturated rings. The predicted octanol–water partition coefficient (Wildman–Crippen LogP) is 0.0779. The molecule has 1 unspecified atom stereocenters. The SMILES string of the molecule is COC(=O)C(CN1CCNC1=O)NC(=O)OC(C)(C)C. The third-order valence-corrected chi connectivity index (χ3v) is 2.52. The van der Waals surface area contributed by atoms with Gasteiger partial charge in [0, 0.05) is 13.1 Å². The van der Waals surface area contributed by atoms with E-state index in [1.54, 1.807) is 20.8 Å². The van der Waals surface area contributed by atoms with Crippen LogP contribution in [0, 0.1) is 0 Å². The van der Waals surface area contributed by atoms with Crippen LogP contribution in [0.3, 0.4) is 0 Å². The van der Waals surface area contributed by atoms with Crippen LogP contribution in [0.25, 0.3) is 0 Å². The van der Waals surface area contributed by atoms with Crippen molar-refractivity contribution in [2.24, 2.45) is 0 Å². The summed E-state index contributed by atoms with van der Waals surface area (Å²) in [6.45, 7) is 6.17. The van der Waals surface area contributed by atoms with Crippen molar-refractivity contribution in [1.82, 2.24) is 15.5 Å². The molecule has 1 aliphatic rings. The van der Waals surface area contributed by atoms with Gasteiger partial charge in [-0.15, -0.1) is 0 Å². The minimum absolute atomic E-state index is 0.0394. The molecule has 0 aliphatic carbocycles. The number of urea groups is 1. The van der Waals surface area contributed by atoms with E-state index in [0.717, 1.165) is 0 Å². The molecule has 1 heterocycles. The summed E-state index contributed by atoms with van der Waals surface area (Å²) in [6.07, 6.45) is -0.729. The van der Waals surface area contributed by atoms with Gasteiger partial charge in [-0.1, -0.05) is 0 Å². The first-order valence-electron chi connectivity index (χ1n) is 6.33. The van der Waals surface area contributed by atoms with Gasteiger partial charge in [-0.05, 0) is 20.8 Å². The van der Waals surface area contributed by atoms with E-state index in [0.29, 0.717) is 13.1 Å². The summed E-state index contributed by atoms with van der Waals surface area (Å²) >= 11 is 0. The monoisotopic (exact) mass is 287 g/mol. The zero-order chi connectivity index (χ0) is 15.3. The molecule has 2 N–H and O–H groups in total. The van der Waals surface area contributed by atoms with Crippen molar-refractivity contribution < 1.29 is 23.9 Å². The Hall–Kier alpha value is -1.99. The number of amides is 3. The number of nitrogens with one attached hydrogen (secondary N) is 2. The minimum Gasteiger partial charge on any atom is -0.467 e. The first-order valence-corrected chi connectivity index (χ1v) is 6.33. The quantitative estimate of drug-likeness (QED) is 0.714. The summed E-state index contributed by atoms with van der Waals surface area (Å²) < 4.78 is 9.70. The second-order valence-corrected chi connectivity index (χ2v) is 5.40. The zero-order valence-electron chi connectivity index (χ0n) is 12.2. The molecule has 0 radical (unpaired) electrons. The van der Waals surface area contributed by atoms with E-state index in [9.17, 15) is 14.4 Å². The van der Waals surface area contributed by atoms with Gasteiger partial charge in [-0.25, -0.2) is 14.4 Å². The lowest BCUT2D eigenvalue weighted by atomic mass is 10.2. The van der Waals surface area contributed by atoms with Crippen LogP contribution >= 0.6 is 0 Å². The van der Waals surface area contributed by atoms with Gasteiger partial charge in [0.25, 0.3) is 0 Å². The maximum atomic E-state index is 11.7. The molecule has 1 rings (SSSR count). The molecular formula is C12H21N3O5. The van der Waals surface area contributed by atoms with E-state index >= 15 is 0 Å². The molecule has 0 aromatic rings. The number of esters is 1. The van der Waals surface area contributed by atoms with Crippen LogP contribution in [0.1, 0.15) is 20.8 Å². The van der Waals surface area contributed by atoms with Gasteiger partial charge in [0.1, 0.15) is 11.6 Å². The molecule has 1 atom stereocenters. The van der Waals surface area contributed by atoms with Gasteiger partial charge in [0.05, 0.1) is 13.7 Å². The Morgan fingerprint density at radius 3 is 2.55 bits per heavy atom. The Morgan fingerprint density at radius 2 is 2.10 bits per heavy atom. The Kier molecular flexibility index (Phi) is 5.18. The summed E-state index contributed by atoms with van der Waals surface area (Å²) in [5.41, 5.74) is -0.671. The van der Waals surface area contributed by atoms with E-state index in [1.807, 2.05) is 0 Å². The summed E-state index contributed by atoms with van der Waals surface area (Å²) in [4.78, 5) is 36.2. The highest BCUT2D eigenvalue weighted by Gasteiger charge is 2.30. The number of alkyl carbamates (subject to hydrolysis) is 1. The number of rotatable bonds is 4. The van der Waals surface area contributed by atoms with E-state index in [4.69, 9.17) is 4.74 Å². The Morgan fingerprint density at radius 1 is 1.45 bits per heavy atom. The smallest absolute Gasteiger partial charge is 0.408 e. The highest BCUT2D eigenvalue weighted by atomic mass is 16.6. The van der Waals surface area contributed by atoms with Crippen LogP contribution in [0.15, 0.2) is 0 Å². The van der Waals surface area contributed by atoms with Crippen LogP contribution in [-0.4, -0.2) is 61.4 Å². The topological polar surface area (TPSA) is 97.0 Å². The maximum absolute atomic E-state index is 11.7. The largest absolute Gasteiger partial charge is 0.467 e. The molecule has 114 valence electrons. The number of ether oxygens (including phenoxy) is 2. The second-order valence-electron chi connectivity index (χ2n) is 5.40. The van der Waals surface area contributed by atoms with Gasteiger partial charge in [0.2, 0.25) is 0 Å². The summed E-state index contributed by atoms with van der Waals surface area (Å²) in [7, 11) is 1.22. The first-order chi connectivity index (χ1) is 9.23. The standard InChI is InChI=1S/C12H21N3O5/c1-12(2,3)20-11(18)14-8(9(16)19-4)7-15-6-5-13-10(15)17/h8H,5-7H2,1-4H3,(H,13,17)(H,14,18). The number of hydrogen-bond acceptors (Lipinski definition) is 5. The average molecular weight is 287 g/mol. The predicted molar refractivity (Wildman–Crippen MR) is 70.1 cm³/mol. The zero-order valence-corrected chi connectivity index (χ0v) is 12.2. The normalized spacial score (nSPS) is 16.4. The van der Waals surface area contributed by atoms with E-state index < -0.39 is 23.7 Å². The van der Waals surface area contributed by atoms with Gasteiger partial charge in [-0.3, -0.25) is 0 Å². The molecule has 0 aromatic carbocycles. The van der Waals surface area contributed by atoms with Crippen LogP contribution in [0.5, 0.6) is 0 Å². The Labute approximate surface area is 117 Å². The van der Waals surface area contributed by atoms with Gasteiger partial charge >= 0.3 is 18.1 Å². The van der Waals surface area contributed by atoms with Gasteiger partial charge < -0.3 is 25.0 Å². The molecule has 1 saturated heterocycles. The molecule has 8 heteroatoms. The molecule has 0 aromatic heterocycles. The minimum atomic E-state index is -0.960.